The molecule has 1 unspecified atom stereocenters. The number of hydrogen-bond acceptors (Lipinski definition) is 3. The Morgan fingerprint density at radius 3 is 2.38 bits per heavy atom. The Bertz CT molecular complexity index is 617. The molecule has 1 aliphatic carbocycles. The van der Waals surface area contributed by atoms with Crippen LogP contribution in [0.25, 0.3) is 0 Å². The van der Waals surface area contributed by atoms with Crippen molar-refractivity contribution in [3.63, 3.8) is 0 Å². The molecule has 3 nitrogen and oxygen atoms in total. The minimum absolute atomic E-state index is 0.0933. The molecule has 4 heteroatoms. The molecule has 0 amide bonds. The third-order valence-electron chi connectivity index (χ3n) is 5.62. The summed E-state index contributed by atoms with van der Waals surface area (Å²) in [6.07, 6.45) is 7.89. The van der Waals surface area contributed by atoms with Crippen LogP contribution in [0.15, 0.2) is 29.2 Å². The van der Waals surface area contributed by atoms with Crippen LogP contribution in [0.4, 0.5) is 0 Å². The first kappa shape index (κ1) is 19.5. The van der Waals surface area contributed by atoms with Crippen molar-refractivity contribution >= 4 is 10.1 Å². The first-order chi connectivity index (χ1) is 11.3. The van der Waals surface area contributed by atoms with Crippen molar-refractivity contribution in [3.8, 4) is 0 Å². The molecular weight excluding hydrogens is 320 g/mol. The van der Waals surface area contributed by atoms with Gasteiger partial charge in [-0.25, -0.2) is 0 Å². The average Bonchev–Trinajstić information content (AvgIpc) is 2.79. The average molecular weight is 353 g/mol. The van der Waals surface area contributed by atoms with Crippen molar-refractivity contribution in [2.75, 3.05) is 0 Å². The monoisotopic (exact) mass is 352 g/mol. The topological polar surface area (TPSA) is 43.4 Å². The van der Waals surface area contributed by atoms with E-state index in [0.717, 1.165) is 18.4 Å². The van der Waals surface area contributed by atoms with Crippen molar-refractivity contribution in [1.82, 2.24) is 0 Å². The van der Waals surface area contributed by atoms with Gasteiger partial charge in [-0.05, 0) is 49.7 Å². The third kappa shape index (κ3) is 4.60. The van der Waals surface area contributed by atoms with E-state index in [1.807, 2.05) is 19.1 Å². The quantitative estimate of drug-likeness (QED) is 0.460. The van der Waals surface area contributed by atoms with Crippen molar-refractivity contribution in [2.24, 2.45) is 11.3 Å². The highest BCUT2D eigenvalue weighted by Crippen LogP contribution is 2.47. The van der Waals surface area contributed by atoms with E-state index in [2.05, 4.69) is 20.8 Å². The van der Waals surface area contributed by atoms with E-state index in [1.165, 1.54) is 32.1 Å². The summed E-state index contributed by atoms with van der Waals surface area (Å²) < 4.78 is 30.8. The van der Waals surface area contributed by atoms with Crippen LogP contribution in [0, 0.1) is 18.3 Å². The van der Waals surface area contributed by atoms with E-state index >= 15 is 0 Å². The highest BCUT2D eigenvalue weighted by Gasteiger charge is 2.45. The van der Waals surface area contributed by atoms with Crippen LogP contribution in [0.5, 0.6) is 0 Å². The minimum Gasteiger partial charge on any atom is -0.262 e. The predicted octanol–water partition coefficient (Wildman–Crippen LogP) is 5.48. The second kappa shape index (κ2) is 8.01. The molecule has 0 aromatic heterocycles. The van der Waals surface area contributed by atoms with Crippen LogP contribution < -0.4 is 0 Å². The highest BCUT2D eigenvalue weighted by atomic mass is 32.2. The number of rotatable bonds is 8. The summed E-state index contributed by atoms with van der Waals surface area (Å²) in [6, 6.07) is 6.89. The van der Waals surface area contributed by atoms with Crippen molar-refractivity contribution in [2.45, 2.75) is 83.6 Å². The summed E-state index contributed by atoms with van der Waals surface area (Å²) in [4.78, 5) is 0.260. The van der Waals surface area contributed by atoms with E-state index in [9.17, 15) is 8.42 Å². The molecule has 0 N–H and O–H groups in total. The summed E-state index contributed by atoms with van der Waals surface area (Å²) in [7, 11) is -3.68. The first-order valence-corrected chi connectivity index (χ1v) is 10.7. The molecule has 1 aromatic rings. The van der Waals surface area contributed by atoms with Crippen LogP contribution in [-0.2, 0) is 14.3 Å². The Balaban J connectivity index is 2.00. The molecule has 0 radical (unpaired) electrons. The maximum atomic E-state index is 12.6. The number of hydrogen-bond donors (Lipinski definition) is 0. The summed E-state index contributed by atoms with van der Waals surface area (Å²) in [5.74, 6) is 0.549. The van der Waals surface area contributed by atoms with Gasteiger partial charge in [-0.3, -0.25) is 4.18 Å². The molecule has 2 atom stereocenters. The molecule has 0 bridgehead atoms. The minimum atomic E-state index is -3.68. The van der Waals surface area contributed by atoms with E-state index in [-0.39, 0.29) is 16.4 Å². The molecule has 0 spiro atoms. The summed E-state index contributed by atoms with van der Waals surface area (Å²) in [6.45, 7) is 8.50. The van der Waals surface area contributed by atoms with Crippen molar-refractivity contribution < 1.29 is 12.6 Å². The Labute approximate surface area is 147 Å². The number of unbranched alkanes of at least 4 members (excludes halogenated alkanes) is 3. The van der Waals surface area contributed by atoms with Gasteiger partial charge in [0.2, 0.25) is 0 Å². The fourth-order valence-electron chi connectivity index (χ4n) is 3.78. The molecule has 1 saturated carbocycles. The standard InChI is InChI=1S/C20H32O3S/c1-5-6-7-8-9-17-12-15-19(20(17,3)4)23-24(21,22)18-13-10-16(2)11-14-18/h10-11,13-14,17,19H,5-9,12,15H2,1-4H3/t17?,19-/m0/s1. The van der Waals surface area contributed by atoms with Gasteiger partial charge >= 0.3 is 0 Å². The number of aryl methyl sites for hydroxylation is 1. The van der Waals surface area contributed by atoms with Gasteiger partial charge in [0, 0.05) is 0 Å². The molecule has 1 aromatic carbocycles. The Kier molecular flexibility index (Phi) is 6.49. The summed E-state index contributed by atoms with van der Waals surface area (Å²) in [5.41, 5.74) is 0.951. The molecule has 0 aliphatic heterocycles. The van der Waals surface area contributed by atoms with Crippen LogP contribution in [-0.4, -0.2) is 14.5 Å². The zero-order chi connectivity index (χ0) is 17.8. The van der Waals surface area contributed by atoms with Gasteiger partial charge in [0.25, 0.3) is 10.1 Å². The van der Waals surface area contributed by atoms with E-state index in [0.29, 0.717) is 5.92 Å². The van der Waals surface area contributed by atoms with Crippen molar-refractivity contribution in [3.05, 3.63) is 29.8 Å². The van der Waals surface area contributed by atoms with Crippen LogP contribution in [0.2, 0.25) is 0 Å². The van der Waals surface area contributed by atoms with Crippen LogP contribution >= 0.6 is 0 Å². The van der Waals surface area contributed by atoms with Gasteiger partial charge < -0.3 is 0 Å². The first-order valence-electron chi connectivity index (χ1n) is 9.27. The molecule has 0 heterocycles. The maximum Gasteiger partial charge on any atom is 0.297 e. The molecule has 24 heavy (non-hydrogen) atoms. The van der Waals surface area contributed by atoms with E-state index < -0.39 is 10.1 Å². The Morgan fingerprint density at radius 2 is 1.75 bits per heavy atom. The lowest BCUT2D eigenvalue weighted by molar-refractivity contribution is 0.0769. The van der Waals surface area contributed by atoms with Crippen LogP contribution in [0.1, 0.15) is 71.3 Å². The fraction of sp³-hybridized carbons (Fsp3) is 0.700. The molecule has 1 aliphatic rings. The lowest BCUT2D eigenvalue weighted by Crippen LogP contribution is -2.33. The third-order valence-corrected chi connectivity index (χ3v) is 6.95. The lowest BCUT2D eigenvalue weighted by atomic mass is 9.78. The summed E-state index contributed by atoms with van der Waals surface area (Å²) in [5, 5.41) is 0. The fourth-order valence-corrected chi connectivity index (χ4v) is 5.01. The van der Waals surface area contributed by atoms with E-state index in [1.54, 1.807) is 12.1 Å². The molecule has 0 saturated heterocycles. The van der Waals surface area contributed by atoms with Gasteiger partial charge in [-0.1, -0.05) is 64.2 Å². The molecular formula is C20H32O3S. The summed E-state index contributed by atoms with van der Waals surface area (Å²) >= 11 is 0. The Hall–Kier alpha value is -0.870. The maximum absolute atomic E-state index is 12.6. The van der Waals surface area contributed by atoms with Crippen LogP contribution in [0.3, 0.4) is 0 Å². The normalized spacial score (nSPS) is 23.5. The molecule has 136 valence electrons. The van der Waals surface area contributed by atoms with Gasteiger partial charge in [0.05, 0.1) is 11.0 Å². The smallest absolute Gasteiger partial charge is 0.262 e. The molecule has 2 rings (SSSR count). The predicted molar refractivity (Wildman–Crippen MR) is 98.5 cm³/mol. The highest BCUT2D eigenvalue weighted by molar-refractivity contribution is 7.86. The van der Waals surface area contributed by atoms with Gasteiger partial charge in [0.15, 0.2) is 0 Å². The van der Waals surface area contributed by atoms with Gasteiger partial charge in [-0.15, -0.1) is 0 Å². The van der Waals surface area contributed by atoms with Gasteiger partial charge in [0.1, 0.15) is 0 Å². The van der Waals surface area contributed by atoms with E-state index in [4.69, 9.17) is 4.18 Å². The zero-order valence-corrected chi connectivity index (χ0v) is 16.4. The second-order valence-corrected chi connectivity index (χ2v) is 9.37. The lowest BCUT2D eigenvalue weighted by Gasteiger charge is -2.32. The molecule has 1 fully saturated rings. The van der Waals surface area contributed by atoms with Gasteiger partial charge in [-0.2, -0.15) is 8.42 Å². The zero-order valence-electron chi connectivity index (χ0n) is 15.5. The number of benzene rings is 1. The Morgan fingerprint density at radius 1 is 1.08 bits per heavy atom. The second-order valence-electron chi connectivity index (χ2n) is 7.80. The largest absolute Gasteiger partial charge is 0.297 e. The SMILES string of the molecule is CCCCCCC1CC[C@H](OS(=O)(=O)c2ccc(C)cc2)C1(C)C. The van der Waals surface area contributed by atoms with Crippen molar-refractivity contribution in [1.29, 1.82) is 0 Å².